The van der Waals surface area contributed by atoms with Crippen molar-refractivity contribution in [2.45, 2.75) is 13.0 Å². The van der Waals surface area contributed by atoms with Crippen LogP contribution in [0.2, 0.25) is 5.15 Å². The standard InChI is InChI=1S/C23H24ClN5O4/c1-13-12-28(22(32)15-7-5-4-6-8-15)9-10-29(13)23(33)20(30)14(2)19-18(25)16(21(31)26-3)11-17(24)27-19/h4-8,11,13H,2,9-10,12,25H2,1,3H3,(H,26,31)/t13-/m1/s1. The largest absolute Gasteiger partial charge is 0.396 e. The first kappa shape index (κ1) is 23.9. The molecule has 0 bridgehead atoms. The number of piperazine rings is 1. The molecule has 1 atom stereocenters. The van der Waals surface area contributed by atoms with Gasteiger partial charge in [-0.2, -0.15) is 0 Å². The number of rotatable bonds is 5. The van der Waals surface area contributed by atoms with Crippen molar-refractivity contribution in [3.05, 3.63) is 65.0 Å². The van der Waals surface area contributed by atoms with Crippen molar-refractivity contribution in [2.24, 2.45) is 0 Å². The third-order valence-corrected chi connectivity index (χ3v) is 5.64. The fraction of sp³-hybridized carbons (Fsp3) is 0.261. The van der Waals surface area contributed by atoms with E-state index < -0.39 is 23.6 Å². The molecule has 1 aromatic carbocycles. The summed E-state index contributed by atoms with van der Waals surface area (Å²) in [5, 5.41) is 2.35. The van der Waals surface area contributed by atoms with Crippen LogP contribution in [0.3, 0.4) is 0 Å². The molecule has 0 saturated carbocycles. The summed E-state index contributed by atoms with van der Waals surface area (Å²) in [7, 11) is 1.42. The number of nitrogens with zero attached hydrogens (tertiary/aromatic N) is 3. The summed E-state index contributed by atoms with van der Waals surface area (Å²) in [6.45, 7) is 6.18. The fourth-order valence-electron chi connectivity index (χ4n) is 3.65. The van der Waals surface area contributed by atoms with E-state index in [0.717, 1.165) is 0 Å². The topological polar surface area (TPSA) is 126 Å². The Morgan fingerprint density at radius 1 is 1.18 bits per heavy atom. The fourth-order valence-corrected chi connectivity index (χ4v) is 3.84. The van der Waals surface area contributed by atoms with Crippen molar-refractivity contribution in [3.8, 4) is 0 Å². The number of nitrogens with one attached hydrogen (secondary N) is 1. The predicted molar refractivity (Wildman–Crippen MR) is 125 cm³/mol. The molecule has 3 amide bonds. The van der Waals surface area contributed by atoms with E-state index in [4.69, 9.17) is 17.3 Å². The number of ketones is 1. The normalized spacial score (nSPS) is 15.7. The van der Waals surface area contributed by atoms with Crippen LogP contribution >= 0.6 is 11.6 Å². The second-order valence-corrected chi connectivity index (χ2v) is 7.99. The Labute approximate surface area is 196 Å². The number of pyridine rings is 1. The molecule has 0 aliphatic carbocycles. The van der Waals surface area contributed by atoms with Crippen LogP contribution in [-0.2, 0) is 9.59 Å². The van der Waals surface area contributed by atoms with Gasteiger partial charge in [0.25, 0.3) is 23.5 Å². The van der Waals surface area contributed by atoms with E-state index in [-0.39, 0.29) is 53.2 Å². The minimum absolute atomic E-state index is 0.0234. The maximum absolute atomic E-state index is 13.0. The number of hydrogen-bond donors (Lipinski definition) is 2. The Balaban J connectivity index is 1.75. The number of carbonyl (C=O) groups excluding carboxylic acids is 4. The van der Waals surface area contributed by atoms with Gasteiger partial charge in [-0.3, -0.25) is 19.2 Å². The quantitative estimate of drug-likeness (QED) is 0.389. The Morgan fingerprint density at radius 2 is 1.85 bits per heavy atom. The SMILES string of the molecule is C=C(C(=O)C(=O)N1CCN(C(=O)c2ccccc2)C[C@H]1C)c1nc(Cl)cc(C(=O)NC)c1N. The molecule has 9 nitrogen and oxygen atoms in total. The van der Waals surface area contributed by atoms with E-state index in [2.05, 4.69) is 16.9 Å². The zero-order valence-corrected chi connectivity index (χ0v) is 19.1. The number of hydrogen-bond acceptors (Lipinski definition) is 6. The van der Waals surface area contributed by atoms with E-state index in [9.17, 15) is 19.2 Å². The van der Waals surface area contributed by atoms with Crippen LogP contribution in [0, 0.1) is 0 Å². The number of halogens is 1. The van der Waals surface area contributed by atoms with Crippen LogP contribution in [0.25, 0.3) is 5.57 Å². The molecule has 1 aliphatic heterocycles. The summed E-state index contributed by atoms with van der Waals surface area (Å²) in [6.07, 6.45) is 0. The van der Waals surface area contributed by atoms with E-state index in [1.54, 1.807) is 36.1 Å². The lowest BCUT2D eigenvalue weighted by Crippen LogP contribution is -2.56. The van der Waals surface area contributed by atoms with Crippen molar-refractivity contribution in [3.63, 3.8) is 0 Å². The number of anilines is 1. The molecule has 2 heterocycles. The molecule has 172 valence electrons. The van der Waals surface area contributed by atoms with Gasteiger partial charge in [0.1, 0.15) is 5.15 Å². The average Bonchev–Trinajstić information content (AvgIpc) is 2.83. The van der Waals surface area contributed by atoms with E-state index in [1.165, 1.54) is 18.0 Å². The molecule has 33 heavy (non-hydrogen) atoms. The zero-order valence-electron chi connectivity index (χ0n) is 18.3. The molecule has 0 spiro atoms. The van der Waals surface area contributed by atoms with Crippen molar-refractivity contribution in [1.29, 1.82) is 0 Å². The highest BCUT2D eigenvalue weighted by Crippen LogP contribution is 2.27. The monoisotopic (exact) mass is 469 g/mol. The maximum atomic E-state index is 13.0. The van der Waals surface area contributed by atoms with E-state index in [1.807, 2.05) is 6.07 Å². The number of nitrogens with two attached hydrogens (primary N) is 1. The predicted octanol–water partition coefficient (Wildman–Crippen LogP) is 1.63. The van der Waals surface area contributed by atoms with Crippen molar-refractivity contribution in [2.75, 3.05) is 32.4 Å². The first-order valence-electron chi connectivity index (χ1n) is 10.2. The number of amides is 3. The lowest BCUT2D eigenvalue weighted by atomic mass is 10.0. The van der Waals surface area contributed by atoms with Gasteiger partial charge >= 0.3 is 0 Å². The molecule has 10 heteroatoms. The molecular formula is C23H24ClN5O4. The number of carbonyl (C=O) groups is 4. The second-order valence-electron chi connectivity index (χ2n) is 7.61. The summed E-state index contributed by atoms with van der Waals surface area (Å²) in [5.41, 5.74) is 6.11. The third-order valence-electron chi connectivity index (χ3n) is 5.45. The molecular weight excluding hydrogens is 446 g/mol. The highest BCUT2D eigenvalue weighted by atomic mass is 35.5. The van der Waals surface area contributed by atoms with Crippen LogP contribution in [0.4, 0.5) is 5.69 Å². The van der Waals surface area contributed by atoms with Crippen LogP contribution in [0.15, 0.2) is 43.0 Å². The summed E-state index contributed by atoms with van der Waals surface area (Å²) in [4.78, 5) is 57.7. The van der Waals surface area contributed by atoms with Gasteiger partial charge in [-0.1, -0.05) is 36.4 Å². The Bertz CT molecular complexity index is 1140. The minimum atomic E-state index is -0.908. The van der Waals surface area contributed by atoms with Crippen molar-refractivity contribution >= 4 is 46.4 Å². The summed E-state index contributed by atoms with van der Waals surface area (Å²) < 4.78 is 0. The highest BCUT2D eigenvalue weighted by Gasteiger charge is 2.35. The molecule has 1 fully saturated rings. The van der Waals surface area contributed by atoms with Gasteiger partial charge < -0.3 is 20.9 Å². The number of nitrogen functional groups attached to an aromatic ring is 1. The highest BCUT2D eigenvalue weighted by molar-refractivity contribution is 6.53. The van der Waals surface area contributed by atoms with E-state index >= 15 is 0 Å². The van der Waals surface area contributed by atoms with E-state index in [0.29, 0.717) is 5.56 Å². The van der Waals surface area contributed by atoms with Gasteiger partial charge in [0.05, 0.1) is 16.9 Å². The Hall–Kier alpha value is -3.72. The average molecular weight is 470 g/mol. The second kappa shape index (κ2) is 9.83. The third kappa shape index (κ3) is 4.88. The molecule has 0 radical (unpaired) electrons. The van der Waals surface area contributed by atoms with Gasteiger partial charge in [-0.25, -0.2) is 4.98 Å². The molecule has 1 saturated heterocycles. The molecule has 2 aromatic rings. The number of Topliss-reactive ketones (excluding diaryl/α,β-unsaturated/α-hetero) is 1. The lowest BCUT2D eigenvalue weighted by molar-refractivity contribution is -0.144. The summed E-state index contributed by atoms with van der Waals surface area (Å²) >= 11 is 5.99. The number of aromatic nitrogens is 1. The first-order valence-corrected chi connectivity index (χ1v) is 10.6. The van der Waals surface area contributed by atoms with Gasteiger partial charge in [-0.15, -0.1) is 0 Å². The Kier molecular flexibility index (Phi) is 7.13. The maximum Gasteiger partial charge on any atom is 0.295 e. The van der Waals surface area contributed by atoms with Crippen LogP contribution in [-0.4, -0.2) is 71.0 Å². The molecule has 0 unspecified atom stereocenters. The summed E-state index contributed by atoms with van der Waals surface area (Å²) in [5.74, 6) is -2.35. The Morgan fingerprint density at radius 3 is 2.45 bits per heavy atom. The van der Waals surface area contributed by atoms with Crippen LogP contribution in [0.1, 0.15) is 33.3 Å². The smallest absolute Gasteiger partial charge is 0.295 e. The zero-order chi connectivity index (χ0) is 24.3. The van der Waals surface area contributed by atoms with Crippen LogP contribution < -0.4 is 11.1 Å². The van der Waals surface area contributed by atoms with Crippen molar-refractivity contribution < 1.29 is 19.2 Å². The molecule has 1 aromatic heterocycles. The minimum Gasteiger partial charge on any atom is -0.396 e. The van der Waals surface area contributed by atoms with Crippen molar-refractivity contribution in [1.82, 2.24) is 20.1 Å². The van der Waals surface area contributed by atoms with Gasteiger partial charge in [0.15, 0.2) is 0 Å². The molecule has 1 aliphatic rings. The lowest BCUT2D eigenvalue weighted by Gasteiger charge is -2.39. The van der Waals surface area contributed by atoms with Gasteiger partial charge in [-0.05, 0) is 25.1 Å². The first-order chi connectivity index (χ1) is 15.6. The number of benzene rings is 1. The van der Waals surface area contributed by atoms with Gasteiger partial charge in [0, 0.05) is 43.9 Å². The molecule has 3 rings (SSSR count). The summed E-state index contributed by atoms with van der Waals surface area (Å²) in [6, 6.07) is 9.72. The van der Waals surface area contributed by atoms with Gasteiger partial charge in [0.2, 0.25) is 0 Å². The van der Waals surface area contributed by atoms with Crippen LogP contribution in [0.5, 0.6) is 0 Å². The molecule has 3 N–H and O–H groups in total.